The summed E-state index contributed by atoms with van der Waals surface area (Å²) in [5.41, 5.74) is 2.32. The molecule has 0 fully saturated rings. The predicted molar refractivity (Wildman–Crippen MR) is 64.9 cm³/mol. The Morgan fingerprint density at radius 2 is 1.65 bits per heavy atom. The van der Waals surface area contributed by atoms with Gasteiger partial charge >= 0.3 is 4.96 Å². The minimum atomic E-state index is -3.16. The Bertz CT molecular complexity index is 532. The van der Waals surface area contributed by atoms with Crippen molar-refractivity contribution in [2.45, 2.75) is 25.7 Å². The molecule has 0 spiro atoms. The maximum Gasteiger partial charge on any atom is 0.401 e. The molecule has 17 heavy (non-hydrogen) atoms. The molecule has 0 amide bonds. The first-order valence-electron chi connectivity index (χ1n) is 5.10. The van der Waals surface area contributed by atoms with Gasteiger partial charge in [-0.15, -0.1) is 5.10 Å². The van der Waals surface area contributed by atoms with E-state index < -0.39 is 4.96 Å². The molecular formula is C11H12BrF2N3. The van der Waals surface area contributed by atoms with Crippen LogP contribution in [0.1, 0.15) is 17.1 Å². The Hall–Kier alpha value is -1.17. The van der Waals surface area contributed by atoms with Crippen LogP contribution in [0.4, 0.5) is 8.78 Å². The lowest BCUT2D eigenvalue weighted by atomic mass is 10.4. The Kier molecular flexibility index (Phi) is 2.85. The number of alkyl halides is 3. The van der Waals surface area contributed by atoms with Crippen molar-refractivity contribution in [3.63, 3.8) is 0 Å². The van der Waals surface area contributed by atoms with E-state index in [0.717, 1.165) is 11.4 Å². The highest BCUT2D eigenvalue weighted by Gasteiger charge is 2.30. The van der Waals surface area contributed by atoms with Gasteiger partial charge in [0.2, 0.25) is 0 Å². The van der Waals surface area contributed by atoms with E-state index in [2.05, 4.69) is 21.0 Å². The van der Waals surface area contributed by atoms with Gasteiger partial charge in [-0.25, -0.2) is 0 Å². The second-order valence-corrected chi connectivity index (χ2v) is 4.93. The second kappa shape index (κ2) is 3.94. The molecule has 0 atom stereocenters. The molecule has 0 saturated heterocycles. The summed E-state index contributed by atoms with van der Waals surface area (Å²) in [6.45, 7) is 5.42. The van der Waals surface area contributed by atoms with Crippen molar-refractivity contribution < 1.29 is 8.78 Å². The van der Waals surface area contributed by atoms with E-state index in [1.807, 2.05) is 30.5 Å². The third-order valence-electron chi connectivity index (χ3n) is 2.61. The Labute approximate surface area is 106 Å². The molecule has 92 valence electrons. The first-order chi connectivity index (χ1) is 7.80. The summed E-state index contributed by atoms with van der Waals surface area (Å²) in [5.74, 6) is 0.502. The smallest absolute Gasteiger partial charge is 0.302 e. The highest BCUT2D eigenvalue weighted by molar-refractivity contribution is 9.09. The van der Waals surface area contributed by atoms with Gasteiger partial charge in [-0.3, -0.25) is 0 Å². The number of aryl methyl sites for hydroxylation is 3. The molecule has 0 aliphatic heterocycles. The third-order valence-corrected chi connectivity index (χ3v) is 2.95. The van der Waals surface area contributed by atoms with Gasteiger partial charge in [0.25, 0.3) is 0 Å². The van der Waals surface area contributed by atoms with E-state index in [9.17, 15) is 8.78 Å². The van der Waals surface area contributed by atoms with Crippen molar-refractivity contribution in [2.24, 2.45) is 0 Å². The molecule has 0 aliphatic rings. The summed E-state index contributed by atoms with van der Waals surface area (Å²) < 4.78 is 28.9. The van der Waals surface area contributed by atoms with E-state index in [1.54, 1.807) is 13.0 Å². The Balaban J connectivity index is 2.56. The number of nitrogens with zero attached hydrogens (tertiary/aromatic N) is 3. The van der Waals surface area contributed by atoms with Crippen molar-refractivity contribution in [3.8, 4) is 5.82 Å². The average molecular weight is 304 g/mol. The number of halogens is 3. The number of aromatic nitrogens is 3. The fourth-order valence-electron chi connectivity index (χ4n) is 1.85. The lowest BCUT2D eigenvalue weighted by Crippen LogP contribution is -2.18. The van der Waals surface area contributed by atoms with Crippen LogP contribution < -0.4 is 0 Å². The van der Waals surface area contributed by atoms with E-state index in [-0.39, 0.29) is 0 Å². The molecule has 2 heterocycles. The molecule has 6 heteroatoms. The topological polar surface area (TPSA) is 22.8 Å². The lowest BCUT2D eigenvalue weighted by molar-refractivity contribution is 0.0179. The molecule has 2 aromatic rings. The monoisotopic (exact) mass is 303 g/mol. The zero-order valence-corrected chi connectivity index (χ0v) is 11.3. The Morgan fingerprint density at radius 3 is 2.06 bits per heavy atom. The quantitative estimate of drug-likeness (QED) is 0.779. The van der Waals surface area contributed by atoms with E-state index >= 15 is 0 Å². The molecule has 3 nitrogen and oxygen atoms in total. The molecule has 2 aromatic heterocycles. The minimum Gasteiger partial charge on any atom is -0.302 e. The SMILES string of the molecule is Cc1cc(-n2c(C)ccc2C)nn1C(F)(F)Br. The van der Waals surface area contributed by atoms with Crippen molar-refractivity contribution in [1.29, 1.82) is 0 Å². The van der Waals surface area contributed by atoms with Gasteiger partial charge < -0.3 is 4.57 Å². The maximum absolute atomic E-state index is 13.2. The molecule has 0 N–H and O–H groups in total. The largest absolute Gasteiger partial charge is 0.401 e. The molecular weight excluding hydrogens is 292 g/mol. The minimum absolute atomic E-state index is 0.398. The summed E-state index contributed by atoms with van der Waals surface area (Å²) in [7, 11) is 0. The number of hydrogen-bond acceptors (Lipinski definition) is 1. The lowest BCUT2D eigenvalue weighted by Gasteiger charge is -2.10. The fraction of sp³-hybridized carbons (Fsp3) is 0.364. The first-order valence-corrected chi connectivity index (χ1v) is 5.89. The Morgan fingerprint density at radius 1 is 1.12 bits per heavy atom. The molecule has 0 unspecified atom stereocenters. The van der Waals surface area contributed by atoms with E-state index in [4.69, 9.17) is 0 Å². The number of hydrogen-bond donors (Lipinski definition) is 0. The molecule has 0 radical (unpaired) electrons. The van der Waals surface area contributed by atoms with Crippen molar-refractivity contribution in [3.05, 3.63) is 35.3 Å². The van der Waals surface area contributed by atoms with Crippen LogP contribution in [0.5, 0.6) is 0 Å². The van der Waals surface area contributed by atoms with E-state index in [1.165, 1.54) is 0 Å². The normalized spacial score (nSPS) is 12.1. The predicted octanol–water partition coefficient (Wildman–Crippen LogP) is 3.50. The van der Waals surface area contributed by atoms with Gasteiger partial charge in [0.05, 0.1) is 0 Å². The highest BCUT2D eigenvalue weighted by Crippen LogP contribution is 2.30. The first kappa shape index (κ1) is 12.3. The van der Waals surface area contributed by atoms with Crippen LogP contribution in [0.25, 0.3) is 5.82 Å². The molecule has 2 rings (SSSR count). The summed E-state index contributed by atoms with van der Waals surface area (Å²) in [5, 5.41) is 3.93. The standard InChI is InChI=1S/C11H12BrF2N3/c1-7-4-5-8(2)16(7)10-6-9(3)17(15-10)11(12,13)14/h4-6H,1-3H3. The summed E-state index contributed by atoms with van der Waals surface area (Å²) in [6.07, 6.45) is 0. The van der Waals surface area contributed by atoms with E-state index in [0.29, 0.717) is 16.2 Å². The van der Waals surface area contributed by atoms with Crippen molar-refractivity contribution in [2.75, 3.05) is 0 Å². The van der Waals surface area contributed by atoms with Crippen molar-refractivity contribution >= 4 is 15.9 Å². The molecule has 0 aromatic carbocycles. The summed E-state index contributed by atoms with van der Waals surface area (Å²) in [6, 6.07) is 5.49. The van der Waals surface area contributed by atoms with Crippen LogP contribution in [-0.2, 0) is 4.96 Å². The van der Waals surface area contributed by atoms with Crippen molar-refractivity contribution in [1.82, 2.24) is 14.3 Å². The molecule has 0 saturated carbocycles. The third kappa shape index (κ3) is 2.13. The van der Waals surface area contributed by atoms with Gasteiger partial charge in [0.1, 0.15) is 0 Å². The van der Waals surface area contributed by atoms with Crippen LogP contribution in [0.15, 0.2) is 18.2 Å². The van der Waals surface area contributed by atoms with Gasteiger partial charge in [0.15, 0.2) is 5.82 Å². The van der Waals surface area contributed by atoms with Gasteiger partial charge in [0, 0.05) is 39.1 Å². The van der Waals surface area contributed by atoms with Crippen LogP contribution >= 0.6 is 15.9 Å². The zero-order chi connectivity index (χ0) is 12.8. The highest BCUT2D eigenvalue weighted by atomic mass is 79.9. The van der Waals surface area contributed by atoms with Crippen LogP contribution in [-0.4, -0.2) is 14.3 Å². The van der Waals surface area contributed by atoms with Gasteiger partial charge in [-0.05, 0) is 32.9 Å². The summed E-state index contributed by atoms with van der Waals surface area (Å²) >= 11 is 2.31. The number of rotatable bonds is 2. The maximum atomic E-state index is 13.2. The fourth-order valence-corrected chi connectivity index (χ4v) is 2.21. The zero-order valence-electron chi connectivity index (χ0n) is 9.71. The second-order valence-electron chi connectivity index (χ2n) is 3.98. The van der Waals surface area contributed by atoms with Gasteiger partial charge in [-0.1, -0.05) is 0 Å². The van der Waals surface area contributed by atoms with Crippen LogP contribution in [0, 0.1) is 20.8 Å². The van der Waals surface area contributed by atoms with Crippen LogP contribution in [0.3, 0.4) is 0 Å². The van der Waals surface area contributed by atoms with Crippen LogP contribution in [0.2, 0.25) is 0 Å². The molecule has 0 aliphatic carbocycles. The molecule has 0 bridgehead atoms. The average Bonchev–Trinajstić information content (AvgIpc) is 2.69. The van der Waals surface area contributed by atoms with Gasteiger partial charge in [-0.2, -0.15) is 13.5 Å². The summed E-state index contributed by atoms with van der Waals surface area (Å²) in [4.78, 5) is -3.16.